The molecule has 1 N–H and O–H groups in total. The van der Waals surface area contributed by atoms with Crippen LogP contribution in [0.15, 0.2) is 18.2 Å². The summed E-state index contributed by atoms with van der Waals surface area (Å²) < 4.78 is 26.4. The molecule has 0 saturated carbocycles. The molecule has 1 saturated heterocycles. The first-order chi connectivity index (χ1) is 9.32. The van der Waals surface area contributed by atoms with Crippen LogP contribution in [0.3, 0.4) is 0 Å². The SMILES string of the molecule is CC1(C)C(=O)NCCN1CC(=O)c1ccc(F)cc1F. The quantitative estimate of drug-likeness (QED) is 0.852. The molecule has 1 amide bonds. The molecule has 20 heavy (non-hydrogen) atoms. The van der Waals surface area contributed by atoms with Gasteiger partial charge in [0, 0.05) is 19.2 Å². The zero-order valence-electron chi connectivity index (χ0n) is 11.4. The smallest absolute Gasteiger partial charge is 0.240 e. The van der Waals surface area contributed by atoms with E-state index in [4.69, 9.17) is 0 Å². The second-order valence-electron chi connectivity index (χ2n) is 5.28. The summed E-state index contributed by atoms with van der Waals surface area (Å²) in [4.78, 5) is 25.6. The second-order valence-corrected chi connectivity index (χ2v) is 5.28. The minimum absolute atomic E-state index is 0.0804. The van der Waals surface area contributed by atoms with Crippen molar-refractivity contribution in [2.45, 2.75) is 19.4 Å². The van der Waals surface area contributed by atoms with Crippen LogP contribution in [-0.4, -0.2) is 41.8 Å². The number of ketones is 1. The van der Waals surface area contributed by atoms with Gasteiger partial charge in [0.05, 0.1) is 17.6 Å². The monoisotopic (exact) mass is 282 g/mol. The van der Waals surface area contributed by atoms with Gasteiger partial charge in [-0.2, -0.15) is 0 Å². The second kappa shape index (κ2) is 5.28. The largest absolute Gasteiger partial charge is 0.353 e. The van der Waals surface area contributed by atoms with Gasteiger partial charge >= 0.3 is 0 Å². The maximum atomic E-state index is 13.6. The molecule has 0 aliphatic carbocycles. The van der Waals surface area contributed by atoms with E-state index in [0.717, 1.165) is 12.1 Å². The molecule has 108 valence electrons. The molecular weight excluding hydrogens is 266 g/mol. The summed E-state index contributed by atoms with van der Waals surface area (Å²) >= 11 is 0. The van der Waals surface area contributed by atoms with Crippen LogP contribution in [0.1, 0.15) is 24.2 Å². The molecule has 1 heterocycles. The van der Waals surface area contributed by atoms with Crippen molar-refractivity contribution in [3.63, 3.8) is 0 Å². The maximum absolute atomic E-state index is 13.6. The molecule has 6 heteroatoms. The summed E-state index contributed by atoms with van der Waals surface area (Å²) in [7, 11) is 0. The highest BCUT2D eigenvalue weighted by molar-refractivity contribution is 5.98. The summed E-state index contributed by atoms with van der Waals surface area (Å²) in [5, 5.41) is 2.72. The standard InChI is InChI=1S/C14H16F2N2O2/c1-14(2)13(20)17-5-6-18(14)8-12(19)10-4-3-9(15)7-11(10)16/h3-4,7H,5-6,8H2,1-2H3,(H,17,20). The Labute approximate surface area is 115 Å². The Morgan fingerprint density at radius 1 is 1.40 bits per heavy atom. The number of halogens is 2. The van der Waals surface area contributed by atoms with Gasteiger partial charge in [0.1, 0.15) is 11.6 Å². The summed E-state index contributed by atoms with van der Waals surface area (Å²) in [5.41, 5.74) is -0.988. The third-order valence-corrected chi connectivity index (χ3v) is 3.58. The van der Waals surface area contributed by atoms with E-state index >= 15 is 0 Å². The summed E-state index contributed by atoms with van der Waals surface area (Å²) in [6, 6.07) is 2.86. The fourth-order valence-electron chi connectivity index (χ4n) is 2.19. The van der Waals surface area contributed by atoms with Crippen molar-refractivity contribution in [1.29, 1.82) is 0 Å². The number of benzene rings is 1. The fourth-order valence-corrected chi connectivity index (χ4v) is 2.19. The molecule has 0 radical (unpaired) electrons. The van der Waals surface area contributed by atoms with Crippen LogP contribution >= 0.6 is 0 Å². The molecule has 2 rings (SSSR count). The lowest BCUT2D eigenvalue weighted by atomic mass is 9.97. The third-order valence-electron chi connectivity index (χ3n) is 3.58. The molecule has 0 atom stereocenters. The molecule has 1 aromatic rings. The first-order valence-electron chi connectivity index (χ1n) is 6.34. The number of rotatable bonds is 3. The van der Waals surface area contributed by atoms with Gasteiger partial charge in [-0.3, -0.25) is 14.5 Å². The molecule has 0 bridgehead atoms. The number of carbonyl (C=O) groups is 2. The Balaban J connectivity index is 2.17. The summed E-state index contributed by atoms with van der Waals surface area (Å²) in [6.07, 6.45) is 0. The van der Waals surface area contributed by atoms with Crippen LogP contribution < -0.4 is 5.32 Å². The lowest BCUT2D eigenvalue weighted by Crippen LogP contribution is -2.62. The van der Waals surface area contributed by atoms with Gasteiger partial charge in [-0.05, 0) is 26.0 Å². The van der Waals surface area contributed by atoms with Gasteiger partial charge in [-0.25, -0.2) is 8.78 Å². The topological polar surface area (TPSA) is 49.4 Å². The van der Waals surface area contributed by atoms with Crippen molar-refractivity contribution in [3.05, 3.63) is 35.4 Å². The van der Waals surface area contributed by atoms with Crippen molar-refractivity contribution < 1.29 is 18.4 Å². The first-order valence-corrected chi connectivity index (χ1v) is 6.34. The van der Waals surface area contributed by atoms with Crippen molar-refractivity contribution in [2.75, 3.05) is 19.6 Å². The van der Waals surface area contributed by atoms with E-state index in [-0.39, 0.29) is 18.0 Å². The van der Waals surface area contributed by atoms with E-state index in [1.807, 2.05) is 0 Å². The van der Waals surface area contributed by atoms with Crippen LogP contribution in [0, 0.1) is 11.6 Å². The Morgan fingerprint density at radius 2 is 2.10 bits per heavy atom. The highest BCUT2D eigenvalue weighted by Gasteiger charge is 2.38. The van der Waals surface area contributed by atoms with Crippen molar-refractivity contribution in [3.8, 4) is 0 Å². The van der Waals surface area contributed by atoms with Crippen LogP contribution in [0.2, 0.25) is 0 Å². The van der Waals surface area contributed by atoms with E-state index in [9.17, 15) is 18.4 Å². The van der Waals surface area contributed by atoms with E-state index in [1.165, 1.54) is 0 Å². The van der Waals surface area contributed by atoms with Crippen molar-refractivity contribution >= 4 is 11.7 Å². The van der Waals surface area contributed by atoms with Gasteiger partial charge < -0.3 is 5.32 Å². The van der Waals surface area contributed by atoms with E-state index < -0.39 is 23.0 Å². The van der Waals surface area contributed by atoms with Crippen LogP contribution in [0.5, 0.6) is 0 Å². The maximum Gasteiger partial charge on any atom is 0.240 e. The molecule has 1 aliphatic heterocycles. The van der Waals surface area contributed by atoms with Gasteiger partial charge in [-0.15, -0.1) is 0 Å². The number of nitrogens with zero attached hydrogens (tertiary/aromatic N) is 1. The molecular formula is C14H16F2N2O2. The minimum Gasteiger partial charge on any atom is -0.353 e. The predicted molar refractivity (Wildman–Crippen MR) is 69.4 cm³/mol. The number of amides is 1. The number of piperazine rings is 1. The highest BCUT2D eigenvalue weighted by Crippen LogP contribution is 2.19. The van der Waals surface area contributed by atoms with E-state index in [0.29, 0.717) is 19.2 Å². The molecule has 0 aromatic heterocycles. The molecule has 0 unspecified atom stereocenters. The molecule has 4 nitrogen and oxygen atoms in total. The average molecular weight is 282 g/mol. The Bertz CT molecular complexity index is 558. The number of hydrogen-bond acceptors (Lipinski definition) is 3. The number of carbonyl (C=O) groups excluding carboxylic acids is 2. The highest BCUT2D eigenvalue weighted by atomic mass is 19.1. The van der Waals surface area contributed by atoms with E-state index in [2.05, 4.69) is 5.32 Å². The van der Waals surface area contributed by atoms with Crippen LogP contribution in [0.4, 0.5) is 8.78 Å². The van der Waals surface area contributed by atoms with Gasteiger partial charge in [-0.1, -0.05) is 0 Å². The van der Waals surface area contributed by atoms with Crippen LogP contribution in [0.25, 0.3) is 0 Å². The van der Waals surface area contributed by atoms with E-state index in [1.54, 1.807) is 18.7 Å². The molecule has 1 aliphatic rings. The molecule has 1 fully saturated rings. The Kier molecular flexibility index (Phi) is 3.85. The molecule has 1 aromatic carbocycles. The number of Topliss-reactive ketones (excluding diaryl/α,β-unsaturated/α-hetero) is 1. The van der Waals surface area contributed by atoms with Gasteiger partial charge in [0.25, 0.3) is 0 Å². The lowest BCUT2D eigenvalue weighted by Gasteiger charge is -2.40. The van der Waals surface area contributed by atoms with Crippen LogP contribution in [-0.2, 0) is 4.79 Å². The Hall–Kier alpha value is -1.82. The zero-order valence-corrected chi connectivity index (χ0v) is 11.4. The lowest BCUT2D eigenvalue weighted by molar-refractivity contribution is -0.134. The normalized spacial score (nSPS) is 18.7. The number of hydrogen-bond donors (Lipinski definition) is 1. The summed E-state index contributed by atoms with van der Waals surface area (Å²) in [5.74, 6) is -2.24. The zero-order chi connectivity index (χ0) is 14.9. The van der Waals surface area contributed by atoms with Gasteiger partial charge in [0.2, 0.25) is 5.91 Å². The third kappa shape index (κ3) is 2.70. The Morgan fingerprint density at radius 3 is 2.75 bits per heavy atom. The predicted octanol–water partition coefficient (Wildman–Crippen LogP) is 1.36. The average Bonchev–Trinajstić information content (AvgIpc) is 2.35. The minimum atomic E-state index is -0.880. The van der Waals surface area contributed by atoms with Gasteiger partial charge in [0.15, 0.2) is 5.78 Å². The van der Waals surface area contributed by atoms with Crippen molar-refractivity contribution in [1.82, 2.24) is 10.2 Å². The summed E-state index contributed by atoms with van der Waals surface area (Å²) in [6.45, 7) is 4.28. The molecule has 0 spiro atoms. The van der Waals surface area contributed by atoms with Crippen molar-refractivity contribution in [2.24, 2.45) is 0 Å². The number of nitrogens with one attached hydrogen (secondary N) is 1. The first kappa shape index (κ1) is 14.6. The fraction of sp³-hybridized carbons (Fsp3) is 0.429.